The minimum Gasteiger partial charge on any atom is -0.381 e. The van der Waals surface area contributed by atoms with E-state index in [9.17, 15) is 4.39 Å². The zero-order valence-corrected chi connectivity index (χ0v) is 17.1. The molecule has 0 radical (unpaired) electrons. The summed E-state index contributed by atoms with van der Waals surface area (Å²) in [4.78, 5) is 2.73. The first-order valence-corrected chi connectivity index (χ1v) is 10.6. The maximum absolute atomic E-state index is 13.2. The SMILES string of the molecule is CC(C)[C@H]1CC[C@@H](N2CCC(Nc3ccc(F)cc3I)CC2)CC1. The number of nitrogens with one attached hydrogen (secondary N) is 1. The molecule has 3 rings (SSSR count). The Morgan fingerprint density at radius 2 is 1.75 bits per heavy atom. The molecule has 24 heavy (non-hydrogen) atoms. The van der Waals surface area contributed by atoms with Crippen LogP contribution in [-0.4, -0.2) is 30.1 Å². The summed E-state index contributed by atoms with van der Waals surface area (Å²) in [5.74, 6) is 1.64. The molecular weight excluding hydrogens is 414 g/mol. The van der Waals surface area contributed by atoms with E-state index in [0.29, 0.717) is 6.04 Å². The van der Waals surface area contributed by atoms with Crippen LogP contribution in [0.3, 0.4) is 0 Å². The molecule has 134 valence electrons. The van der Waals surface area contributed by atoms with Crippen LogP contribution in [0, 0.1) is 21.2 Å². The third kappa shape index (κ3) is 4.63. The van der Waals surface area contributed by atoms with Gasteiger partial charge in [0.1, 0.15) is 5.82 Å². The second-order valence-electron chi connectivity index (χ2n) is 7.89. The molecular formula is C20H30FIN2. The number of nitrogens with zero attached hydrogens (tertiary/aromatic N) is 1. The number of rotatable bonds is 4. The fraction of sp³-hybridized carbons (Fsp3) is 0.700. The predicted molar refractivity (Wildman–Crippen MR) is 108 cm³/mol. The van der Waals surface area contributed by atoms with Gasteiger partial charge in [-0.15, -0.1) is 0 Å². The Balaban J connectivity index is 1.46. The van der Waals surface area contributed by atoms with Gasteiger partial charge in [0.05, 0.1) is 0 Å². The van der Waals surface area contributed by atoms with E-state index >= 15 is 0 Å². The Hall–Kier alpha value is -0.360. The highest BCUT2D eigenvalue weighted by molar-refractivity contribution is 14.1. The highest BCUT2D eigenvalue weighted by atomic mass is 127. The van der Waals surface area contributed by atoms with Crippen molar-refractivity contribution in [3.8, 4) is 0 Å². The van der Waals surface area contributed by atoms with Gasteiger partial charge in [0.15, 0.2) is 0 Å². The van der Waals surface area contributed by atoms with E-state index in [1.54, 1.807) is 12.1 Å². The van der Waals surface area contributed by atoms with Gasteiger partial charge in [-0.1, -0.05) is 13.8 Å². The van der Waals surface area contributed by atoms with E-state index in [4.69, 9.17) is 0 Å². The van der Waals surface area contributed by atoms with Crippen LogP contribution in [0.2, 0.25) is 0 Å². The minimum atomic E-state index is -0.156. The van der Waals surface area contributed by atoms with Gasteiger partial charge in [-0.2, -0.15) is 0 Å². The zero-order chi connectivity index (χ0) is 17.1. The van der Waals surface area contributed by atoms with Gasteiger partial charge in [-0.3, -0.25) is 0 Å². The summed E-state index contributed by atoms with van der Waals surface area (Å²) in [5.41, 5.74) is 1.08. The normalized spacial score (nSPS) is 26.7. The lowest BCUT2D eigenvalue weighted by atomic mass is 9.79. The number of benzene rings is 1. The van der Waals surface area contributed by atoms with E-state index in [2.05, 4.69) is 46.7 Å². The molecule has 1 N–H and O–H groups in total. The van der Waals surface area contributed by atoms with E-state index in [1.165, 1.54) is 51.6 Å². The van der Waals surface area contributed by atoms with Crippen LogP contribution in [0.4, 0.5) is 10.1 Å². The average Bonchev–Trinajstić information content (AvgIpc) is 2.58. The van der Waals surface area contributed by atoms with Crippen LogP contribution in [0.25, 0.3) is 0 Å². The van der Waals surface area contributed by atoms with Crippen LogP contribution >= 0.6 is 22.6 Å². The topological polar surface area (TPSA) is 15.3 Å². The first-order valence-electron chi connectivity index (χ1n) is 9.48. The van der Waals surface area contributed by atoms with Gasteiger partial charge in [0.2, 0.25) is 0 Å². The highest BCUT2D eigenvalue weighted by Gasteiger charge is 2.29. The number of hydrogen-bond acceptors (Lipinski definition) is 2. The molecule has 4 heteroatoms. The summed E-state index contributed by atoms with van der Waals surface area (Å²) in [6.45, 7) is 7.15. The fourth-order valence-electron chi connectivity index (χ4n) is 4.37. The quantitative estimate of drug-likeness (QED) is 0.616. The molecule has 1 heterocycles. The largest absolute Gasteiger partial charge is 0.381 e. The molecule has 2 nitrogen and oxygen atoms in total. The van der Waals surface area contributed by atoms with Gasteiger partial charge >= 0.3 is 0 Å². The van der Waals surface area contributed by atoms with Gasteiger partial charge in [0, 0.05) is 34.4 Å². The third-order valence-electron chi connectivity index (χ3n) is 6.02. The molecule has 0 bridgehead atoms. The van der Waals surface area contributed by atoms with Crippen molar-refractivity contribution in [2.45, 2.75) is 64.5 Å². The Kier molecular flexibility index (Phi) is 6.41. The third-order valence-corrected chi connectivity index (χ3v) is 6.91. The Bertz CT molecular complexity index is 532. The van der Waals surface area contributed by atoms with Crippen LogP contribution in [0.5, 0.6) is 0 Å². The second kappa shape index (κ2) is 8.35. The molecule has 2 aliphatic rings. The maximum Gasteiger partial charge on any atom is 0.124 e. The molecule has 1 aliphatic carbocycles. The monoisotopic (exact) mass is 444 g/mol. The number of likely N-dealkylation sites (tertiary alicyclic amines) is 1. The summed E-state index contributed by atoms with van der Waals surface area (Å²) in [6, 6.07) is 6.36. The van der Waals surface area contributed by atoms with Crippen molar-refractivity contribution in [1.82, 2.24) is 4.90 Å². The number of halogens is 2. The van der Waals surface area contributed by atoms with E-state index in [-0.39, 0.29) is 5.82 Å². The van der Waals surface area contributed by atoms with Crippen LogP contribution in [0.15, 0.2) is 18.2 Å². The lowest BCUT2D eigenvalue weighted by Gasteiger charge is -2.41. The number of piperidine rings is 1. The molecule has 1 aromatic rings. The van der Waals surface area contributed by atoms with Crippen LogP contribution < -0.4 is 5.32 Å². The lowest BCUT2D eigenvalue weighted by Crippen LogP contribution is -2.46. The lowest BCUT2D eigenvalue weighted by molar-refractivity contribution is 0.101. The number of hydrogen-bond donors (Lipinski definition) is 1. The van der Waals surface area contributed by atoms with Crippen molar-refractivity contribution in [2.75, 3.05) is 18.4 Å². The van der Waals surface area contributed by atoms with Crippen molar-refractivity contribution in [1.29, 1.82) is 0 Å². The van der Waals surface area contributed by atoms with Crippen molar-refractivity contribution >= 4 is 28.3 Å². The van der Waals surface area contributed by atoms with Gasteiger partial charge in [-0.25, -0.2) is 4.39 Å². The van der Waals surface area contributed by atoms with Crippen molar-refractivity contribution in [2.24, 2.45) is 11.8 Å². The van der Waals surface area contributed by atoms with Crippen molar-refractivity contribution in [3.05, 3.63) is 27.6 Å². The molecule has 0 atom stereocenters. The first-order chi connectivity index (χ1) is 11.5. The Labute approximate surface area is 159 Å². The molecule has 1 saturated heterocycles. The van der Waals surface area contributed by atoms with Crippen molar-refractivity contribution < 1.29 is 4.39 Å². The van der Waals surface area contributed by atoms with Gasteiger partial charge < -0.3 is 10.2 Å². The van der Waals surface area contributed by atoms with Gasteiger partial charge in [0.25, 0.3) is 0 Å². The van der Waals surface area contributed by atoms with E-state index in [0.717, 1.165) is 27.1 Å². The molecule has 2 fully saturated rings. The molecule has 0 amide bonds. The smallest absolute Gasteiger partial charge is 0.124 e. The second-order valence-corrected chi connectivity index (χ2v) is 9.05. The van der Waals surface area contributed by atoms with Gasteiger partial charge in [-0.05, 0) is 91.2 Å². The summed E-state index contributed by atoms with van der Waals surface area (Å²) >= 11 is 2.22. The molecule has 0 aromatic heterocycles. The number of anilines is 1. The average molecular weight is 444 g/mol. The molecule has 0 unspecified atom stereocenters. The van der Waals surface area contributed by atoms with E-state index in [1.807, 2.05) is 6.07 Å². The zero-order valence-electron chi connectivity index (χ0n) is 14.9. The summed E-state index contributed by atoms with van der Waals surface area (Å²) in [7, 11) is 0. The summed E-state index contributed by atoms with van der Waals surface area (Å²) < 4.78 is 14.2. The molecule has 0 spiro atoms. The Morgan fingerprint density at radius 1 is 1.08 bits per heavy atom. The summed E-state index contributed by atoms with van der Waals surface area (Å²) in [6.07, 6.45) is 7.98. The standard InChI is InChI=1S/C20H30FIN2/c1-14(2)15-3-6-18(7-4-15)24-11-9-17(10-12-24)23-20-8-5-16(21)13-19(20)22/h5,8,13-15,17-18,23H,3-4,6-7,9-12H2,1-2H3/t15-,18+. The van der Waals surface area contributed by atoms with Crippen molar-refractivity contribution in [3.63, 3.8) is 0 Å². The molecule has 1 saturated carbocycles. The first kappa shape index (κ1) is 18.4. The molecule has 1 aliphatic heterocycles. The highest BCUT2D eigenvalue weighted by Crippen LogP contribution is 2.33. The predicted octanol–water partition coefficient (Wildman–Crippen LogP) is 5.52. The Morgan fingerprint density at radius 3 is 2.33 bits per heavy atom. The van der Waals surface area contributed by atoms with Crippen LogP contribution in [-0.2, 0) is 0 Å². The van der Waals surface area contributed by atoms with E-state index < -0.39 is 0 Å². The van der Waals surface area contributed by atoms with Crippen LogP contribution in [0.1, 0.15) is 52.4 Å². The summed E-state index contributed by atoms with van der Waals surface area (Å²) in [5, 5.41) is 3.62. The molecule has 1 aromatic carbocycles. The fourth-order valence-corrected chi connectivity index (χ4v) is 5.00. The minimum absolute atomic E-state index is 0.156. The maximum atomic E-state index is 13.2.